The average Bonchev–Trinajstić information content (AvgIpc) is 3.04. The number of carbonyl (C=O) groups is 1. The topological polar surface area (TPSA) is 38.8 Å². The van der Waals surface area contributed by atoms with E-state index in [9.17, 15) is 9.18 Å². The molecule has 0 radical (unpaired) electrons. The van der Waals surface area contributed by atoms with E-state index >= 15 is 0 Å². The highest BCUT2D eigenvalue weighted by Gasteiger charge is 2.24. The Kier molecular flexibility index (Phi) is 3.84. The Labute approximate surface area is 139 Å². The van der Waals surface area contributed by atoms with Crippen LogP contribution in [0.2, 0.25) is 0 Å². The molecule has 0 N–H and O–H groups in total. The van der Waals surface area contributed by atoms with Crippen LogP contribution in [0, 0.1) is 5.82 Å². The molecule has 0 unspecified atom stereocenters. The molecule has 0 saturated carbocycles. The highest BCUT2D eigenvalue weighted by atomic mass is 19.1. The van der Waals surface area contributed by atoms with E-state index in [0.29, 0.717) is 25.9 Å². The SMILES string of the molecule is O=C(CCc1cccc(F)c1)N1CCc2cc3c(cc2C1)OCO3. The van der Waals surface area contributed by atoms with Crippen LogP contribution >= 0.6 is 0 Å². The normalized spacial score (nSPS) is 15.3. The Morgan fingerprint density at radius 2 is 1.92 bits per heavy atom. The van der Waals surface area contributed by atoms with Crippen LogP contribution in [0.5, 0.6) is 11.5 Å². The third-order valence-electron chi connectivity index (χ3n) is 4.58. The number of benzene rings is 2. The highest BCUT2D eigenvalue weighted by Crippen LogP contribution is 2.36. The van der Waals surface area contributed by atoms with Gasteiger partial charge in [0.25, 0.3) is 0 Å². The van der Waals surface area contributed by atoms with E-state index in [1.54, 1.807) is 6.07 Å². The van der Waals surface area contributed by atoms with Gasteiger partial charge >= 0.3 is 0 Å². The minimum atomic E-state index is -0.261. The summed E-state index contributed by atoms with van der Waals surface area (Å²) < 4.78 is 24.0. The Balaban J connectivity index is 1.41. The molecular weight excluding hydrogens is 309 g/mol. The summed E-state index contributed by atoms with van der Waals surface area (Å²) in [6.45, 7) is 1.55. The number of aryl methyl sites for hydroxylation is 1. The van der Waals surface area contributed by atoms with Gasteiger partial charge in [0.2, 0.25) is 12.7 Å². The number of hydrogen-bond donors (Lipinski definition) is 0. The number of ether oxygens (including phenoxy) is 2. The van der Waals surface area contributed by atoms with E-state index in [2.05, 4.69) is 0 Å². The van der Waals surface area contributed by atoms with E-state index in [1.165, 1.54) is 17.7 Å². The van der Waals surface area contributed by atoms with Crippen molar-refractivity contribution >= 4 is 5.91 Å². The van der Waals surface area contributed by atoms with Crippen LogP contribution in [0.3, 0.4) is 0 Å². The molecule has 2 heterocycles. The lowest BCUT2D eigenvalue weighted by molar-refractivity contribution is -0.132. The number of amides is 1. The van der Waals surface area contributed by atoms with Gasteiger partial charge in [0.1, 0.15) is 5.82 Å². The third-order valence-corrected chi connectivity index (χ3v) is 4.58. The molecule has 2 aromatic rings. The van der Waals surface area contributed by atoms with Crippen LogP contribution in [0.4, 0.5) is 4.39 Å². The lowest BCUT2D eigenvalue weighted by Crippen LogP contribution is -2.36. The predicted molar refractivity (Wildman–Crippen MR) is 86.4 cm³/mol. The van der Waals surface area contributed by atoms with Crippen LogP contribution in [0.1, 0.15) is 23.1 Å². The molecule has 2 aliphatic heterocycles. The fourth-order valence-corrected chi connectivity index (χ4v) is 3.26. The second kappa shape index (κ2) is 6.15. The summed E-state index contributed by atoms with van der Waals surface area (Å²) in [7, 11) is 0. The van der Waals surface area contributed by atoms with Gasteiger partial charge in [-0.05, 0) is 53.8 Å². The minimum Gasteiger partial charge on any atom is -0.454 e. The lowest BCUT2D eigenvalue weighted by Gasteiger charge is -2.29. The molecule has 0 atom stereocenters. The van der Waals surface area contributed by atoms with Crippen molar-refractivity contribution in [3.8, 4) is 11.5 Å². The van der Waals surface area contributed by atoms with Gasteiger partial charge < -0.3 is 14.4 Å². The summed E-state index contributed by atoms with van der Waals surface area (Å²) in [4.78, 5) is 14.3. The van der Waals surface area contributed by atoms with Crippen molar-refractivity contribution in [1.29, 1.82) is 0 Å². The predicted octanol–water partition coefficient (Wildman–Crippen LogP) is 3.07. The number of hydrogen-bond acceptors (Lipinski definition) is 3. The van der Waals surface area contributed by atoms with E-state index < -0.39 is 0 Å². The maximum Gasteiger partial charge on any atom is 0.231 e. The van der Waals surface area contributed by atoms with Crippen molar-refractivity contribution in [2.24, 2.45) is 0 Å². The van der Waals surface area contributed by atoms with E-state index in [1.807, 2.05) is 23.1 Å². The Hall–Kier alpha value is -2.56. The maximum absolute atomic E-state index is 13.2. The molecule has 0 aromatic heterocycles. The van der Waals surface area contributed by atoms with Crippen molar-refractivity contribution in [2.45, 2.75) is 25.8 Å². The molecule has 4 rings (SSSR count). The summed E-state index contributed by atoms with van der Waals surface area (Å²) in [5.74, 6) is 1.38. The monoisotopic (exact) mass is 327 g/mol. The second-order valence-corrected chi connectivity index (χ2v) is 6.17. The molecule has 0 saturated heterocycles. The van der Waals surface area contributed by atoms with Gasteiger partial charge in [0.15, 0.2) is 11.5 Å². The van der Waals surface area contributed by atoms with Gasteiger partial charge in [0.05, 0.1) is 0 Å². The van der Waals surface area contributed by atoms with Crippen molar-refractivity contribution in [3.05, 3.63) is 58.9 Å². The minimum absolute atomic E-state index is 0.0996. The molecule has 0 bridgehead atoms. The van der Waals surface area contributed by atoms with Crippen molar-refractivity contribution in [1.82, 2.24) is 4.90 Å². The number of halogens is 1. The quantitative estimate of drug-likeness (QED) is 0.870. The molecule has 5 heteroatoms. The molecule has 124 valence electrons. The second-order valence-electron chi connectivity index (χ2n) is 6.17. The zero-order valence-corrected chi connectivity index (χ0v) is 13.3. The van der Waals surface area contributed by atoms with Gasteiger partial charge in [-0.1, -0.05) is 12.1 Å². The Bertz CT molecular complexity index is 790. The molecule has 0 aliphatic carbocycles. The number of fused-ring (bicyclic) bond motifs is 2. The molecule has 4 nitrogen and oxygen atoms in total. The number of carbonyl (C=O) groups excluding carboxylic acids is 1. The zero-order valence-electron chi connectivity index (χ0n) is 13.3. The summed E-state index contributed by atoms with van der Waals surface area (Å²) in [5.41, 5.74) is 3.18. The summed E-state index contributed by atoms with van der Waals surface area (Å²) in [5, 5.41) is 0. The fraction of sp³-hybridized carbons (Fsp3) is 0.316. The largest absolute Gasteiger partial charge is 0.454 e. The summed E-state index contributed by atoms with van der Waals surface area (Å²) >= 11 is 0. The Morgan fingerprint density at radius 3 is 2.71 bits per heavy atom. The molecule has 24 heavy (non-hydrogen) atoms. The van der Waals surface area contributed by atoms with E-state index in [-0.39, 0.29) is 18.5 Å². The molecule has 0 fully saturated rings. The zero-order chi connectivity index (χ0) is 16.5. The first-order valence-electron chi connectivity index (χ1n) is 8.13. The first kappa shape index (κ1) is 15.0. The van der Waals surface area contributed by atoms with Crippen LogP contribution in [-0.4, -0.2) is 24.1 Å². The van der Waals surface area contributed by atoms with Crippen LogP contribution in [-0.2, 0) is 24.2 Å². The first-order valence-corrected chi connectivity index (χ1v) is 8.13. The van der Waals surface area contributed by atoms with Gasteiger partial charge in [-0.25, -0.2) is 4.39 Å². The van der Waals surface area contributed by atoms with Crippen LogP contribution in [0.25, 0.3) is 0 Å². The van der Waals surface area contributed by atoms with Gasteiger partial charge in [-0.15, -0.1) is 0 Å². The van der Waals surface area contributed by atoms with E-state index in [4.69, 9.17) is 9.47 Å². The van der Waals surface area contributed by atoms with Crippen LogP contribution in [0.15, 0.2) is 36.4 Å². The van der Waals surface area contributed by atoms with Crippen molar-refractivity contribution in [3.63, 3.8) is 0 Å². The number of rotatable bonds is 3. The van der Waals surface area contributed by atoms with Gasteiger partial charge in [-0.2, -0.15) is 0 Å². The molecular formula is C19H18FNO3. The van der Waals surface area contributed by atoms with E-state index in [0.717, 1.165) is 29.0 Å². The molecule has 2 aromatic carbocycles. The average molecular weight is 327 g/mol. The standard InChI is InChI=1S/C19H18FNO3/c20-16-3-1-2-13(8-16)4-5-19(22)21-7-6-14-9-17-18(24-12-23-17)10-15(14)11-21/h1-3,8-10H,4-7,11-12H2. The molecule has 0 spiro atoms. The summed E-state index contributed by atoms with van der Waals surface area (Å²) in [6.07, 6.45) is 1.77. The number of nitrogens with zero attached hydrogens (tertiary/aromatic N) is 1. The molecule has 1 amide bonds. The van der Waals surface area contributed by atoms with Crippen LogP contribution < -0.4 is 9.47 Å². The Morgan fingerprint density at radius 1 is 1.12 bits per heavy atom. The fourth-order valence-electron chi connectivity index (χ4n) is 3.26. The van der Waals surface area contributed by atoms with Crippen molar-refractivity contribution < 1.29 is 18.7 Å². The lowest BCUT2D eigenvalue weighted by atomic mass is 9.98. The molecule has 2 aliphatic rings. The first-order chi connectivity index (χ1) is 11.7. The highest BCUT2D eigenvalue weighted by molar-refractivity contribution is 5.77. The summed E-state index contributed by atoms with van der Waals surface area (Å²) in [6, 6.07) is 10.4. The third kappa shape index (κ3) is 2.94. The van der Waals surface area contributed by atoms with Gasteiger partial charge in [0, 0.05) is 19.5 Å². The maximum atomic E-state index is 13.2. The van der Waals surface area contributed by atoms with Crippen molar-refractivity contribution in [2.75, 3.05) is 13.3 Å². The van der Waals surface area contributed by atoms with Gasteiger partial charge in [-0.3, -0.25) is 4.79 Å². The smallest absolute Gasteiger partial charge is 0.231 e.